The Balaban J connectivity index is 1.79. The van der Waals surface area contributed by atoms with Crippen molar-refractivity contribution in [3.05, 3.63) is 75.8 Å². The van der Waals surface area contributed by atoms with Crippen LogP contribution < -0.4 is 11.1 Å². The Morgan fingerprint density at radius 2 is 2.00 bits per heavy atom. The topological polar surface area (TPSA) is 107 Å². The Kier molecular flexibility index (Phi) is 5.90. The number of nitrogens with one attached hydrogen (secondary N) is 1. The minimum Gasteiger partial charge on any atom is -0.445 e. The predicted octanol–water partition coefficient (Wildman–Crippen LogP) is 3.12. The number of carbonyl (C=O) groups is 1. The number of nitrogens with zero attached hydrogens (tertiary/aromatic N) is 1. The smallest absolute Gasteiger partial charge is 0.407 e. The number of nitro groups is 1. The molecule has 0 fully saturated rings. The molecule has 0 aliphatic heterocycles. The van der Waals surface area contributed by atoms with Gasteiger partial charge in [-0.15, -0.1) is 0 Å². The molecule has 0 radical (unpaired) electrons. The number of nitro benzene ring substituents is 1. The fourth-order valence-electron chi connectivity index (χ4n) is 1.93. The van der Waals surface area contributed by atoms with Crippen LogP contribution in [-0.4, -0.2) is 17.6 Å². The van der Waals surface area contributed by atoms with Gasteiger partial charge in [0.05, 0.1) is 4.92 Å². The summed E-state index contributed by atoms with van der Waals surface area (Å²) in [4.78, 5) is 21.8. The average Bonchev–Trinajstić information content (AvgIpc) is 2.59. The van der Waals surface area contributed by atoms with E-state index in [9.17, 15) is 14.9 Å². The molecule has 7 heteroatoms. The number of carbonyl (C=O) groups excluding carboxylic acids is 1. The number of ether oxygens (including phenoxy) is 1. The molecule has 0 bridgehead atoms. The van der Waals surface area contributed by atoms with Crippen LogP contribution in [0.25, 0.3) is 6.08 Å². The number of rotatable bonds is 6. The molecule has 2 rings (SSSR count). The molecule has 124 valence electrons. The van der Waals surface area contributed by atoms with E-state index in [1.807, 2.05) is 30.3 Å². The second-order valence-electron chi connectivity index (χ2n) is 4.92. The van der Waals surface area contributed by atoms with E-state index in [2.05, 4.69) is 5.32 Å². The minimum atomic E-state index is -0.536. The van der Waals surface area contributed by atoms with Crippen molar-refractivity contribution < 1.29 is 14.5 Å². The van der Waals surface area contributed by atoms with E-state index in [1.54, 1.807) is 18.2 Å². The van der Waals surface area contributed by atoms with Crippen molar-refractivity contribution in [2.75, 3.05) is 12.3 Å². The molecule has 0 heterocycles. The zero-order chi connectivity index (χ0) is 17.4. The number of alkyl carbamates (subject to hydrolysis) is 1. The second kappa shape index (κ2) is 8.33. The van der Waals surface area contributed by atoms with E-state index in [-0.39, 0.29) is 24.5 Å². The van der Waals surface area contributed by atoms with Gasteiger partial charge in [0.2, 0.25) is 0 Å². The maximum atomic E-state index is 11.5. The van der Waals surface area contributed by atoms with E-state index in [0.29, 0.717) is 5.56 Å². The first-order valence-electron chi connectivity index (χ1n) is 7.21. The molecule has 0 saturated heterocycles. The summed E-state index contributed by atoms with van der Waals surface area (Å²) in [6, 6.07) is 13.8. The van der Waals surface area contributed by atoms with E-state index in [1.165, 1.54) is 12.1 Å². The Hall–Kier alpha value is -3.35. The number of hydrogen-bond donors (Lipinski definition) is 2. The third kappa shape index (κ3) is 5.13. The molecule has 2 aromatic rings. The molecule has 0 unspecified atom stereocenters. The van der Waals surface area contributed by atoms with Gasteiger partial charge in [-0.1, -0.05) is 48.6 Å². The van der Waals surface area contributed by atoms with Crippen LogP contribution in [0.4, 0.5) is 16.2 Å². The normalized spacial score (nSPS) is 10.5. The molecule has 24 heavy (non-hydrogen) atoms. The van der Waals surface area contributed by atoms with E-state index < -0.39 is 11.0 Å². The summed E-state index contributed by atoms with van der Waals surface area (Å²) in [5, 5.41) is 13.4. The van der Waals surface area contributed by atoms with Crippen molar-refractivity contribution in [3.8, 4) is 0 Å². The zero-order valence-electron chi connectivity index (χ0n) is 12.8. The molecule has 0 aliphatic rings. The number of amides is 1. The highest BCUT2D eigenvalue weighted by atomic mass is 16.6. The summed E-state index contributed by atoms with van der Waals surface area (Å²) in [5.41, 5.74) is 7.01. The van der Waals surface area contributed by atoms with Gasteiger partial charge >= 0.3 is 6.09 Å². The third-order valence-corrected chi connectivity index (χ3v) is 3.14. The lowest BCUT2D eigenvalue weighted by Crippen LogP contribution is -2.24. The maximum Gasteiger partial charge on any atom is 0.407 e. The zero-order valence-corrected chi connectivity index (χ0v) is 12.8. The highest BCUT2D eigenvalue weighted by molar-refractivity contribution is 5.68. The molecule has 7 nitrogen and oxygen atoms in total. The Bertz CT molecular complexity index is 745. The van der Waals surface area contributed by atoms with Gasteiger partial charge in [0.25, 0.3) is 5.69 Å². The van der Waals surface area contributed by atoms with Crippen LogP contribution in [0.15, 0.2) is 54.6 Å². The van der Waals surface area contributed by atoms with Gasteiger partial charge in [0.1, 0.15) is 12.3 Å². The van der Waals surface area contributed by atoms with Gasteiger partial charge in [0.15, 0.2) is 0 Å². The standard InChI is InChI=1S/C17H17N3O4/c18-15-9-8-13(11-16(15)20(22)23)7-4-10-19-17(21)24-12-14-5-2-1-3-6-14/h1-9,11H,10,12,18H2,(H,19,21). The van der Waals surface area contributed by atoms with Crippen molar-refractivity contribution in [3.63, 3.8) is 0 Å². The Labute approximate surface area is 138 Å². The Morgan fingerprint density at radius 3 is 2.71 bits per heavy atom. The first kappa shape index (κ1) is 17.0. The molecule has 0 aromatic heterocycles. The molecule has 1 amide bonds. The second-order valence-corrected chi connectivity index (χ2v) is 4.92. The largest absolute Gasteiger partial charge is 0.445 e. The van der Waals surface area contributed by atoms with Crippen molar-refractivity contribution in [1.82, 2.24) is 5.32 Å². The fourth-order valence-corrected chi connectivity index (χ4v) is 1.93. The molecule has 0 spiro atoms. The SMILES string of the molecule is Nc1ccc(C=CCNC(=O)OCc2ccccc2)cc1[N+](=O)[O-]. The molecular weight excluding hydrogens is 310 g/mol. The number of anilines is 1. The first-order valence-corrected chi connectivity index (χ1v) is 7.21. The van der Waals surface area contributed by atoms with Crippen LogP contribution >= 0.6 is 0 Å². The van der Waals surface area contributed by atoms with Crippen LogP contribution in [0.2, 0.25) is 0 Å². The predicted molar refractivity (Wildman–Crippen MR) is 91.2 cm³/mol. The minimum absolute atomic E-state index is 0.111. The number of nitrogens with two attached hydrogens (primary N) is 1. The summed E-state index contributed by atoms with van der Waals surface area (Å²) < 4.78 is 5.06. The summed E-state index contributed by atoms with van der Waals surface area (Å²) >= 11 is 0. The van der Waals surface area contributed by atoms with Crippen molar-refractivity contribution in [2.45, 2.75) is 6.61 Å². The van der Waals surface area contributed by atoms with Crippen molar-refractivity contribution >= 4 is 23.5 Å². The molecule has 2 aromatic carbocycles. The number of benzene rings is 2. The highest BCUT2D eigenvalue weighted by Crippen LogP contribution is 2.22. The molecule has 0 aliphatic carbocycles. The van der Waals surface area contributed by atoms with Gasteiger partial charge in [-0.05, 0) is 17.2 Å². The van der Waals surface area contributed by atoms with E-state index >= 15 is 0 Å². The Morgan fingerprint density at radius 1 is 1.25 bits per heavy atom. The van der Waals surface area contributed by atoms with Gasteiger partial charge in [-0.2, -0.15) is 0 Å². The quantitative estimate of drug-likeness (QED) is 0.481. The number of hydrogen-bond acceptors (Lipinski definition) is 5. The lowest BCUT2D eigenvalue weighted by atomic mass is 10.1. The average molecular weight is 327 g/mol. The van der Waals surface area contributed by atoms with Gasteiger partial charge < -0.3 is 15.8 Å². The van der Waals surface area contributed by atoms with Gasteiger partial charge in [-0.3, -0.25) is 10.1 Å². The monoisotopic (exact) mass is 327 g/mol. The maximum absolute atomic E-state index is 11.5. The van der Waals surface area contributed by atoms with Crippen LogP contribution in [0.1, 0.15) is 11.1 Å². The van der Waals surface area contributed by atoms with Crippen LogP contribution in [0.5, 0.6) is 0 Å². The van der Waals surface area contributed by atoms with Crippen molar-refractivity contribution in [2.24, 2.45) is 0 Å². The molecule has 0 atom stereocenters. The first-order chi connectivity index (χ1) is 11.6. The number of nitrogen functional groups attached to an aromatic ring is 1. The van der Waals surface area contributed by atoms with E-state index in [0.717, 1.165) is 5.56 Å². The van der Waals surface area contributed by atoms with E-state index in [4.69, 9.17) is 10.5 Å². The van der Waals surface area contributed by atoms with Gasteiger partial charge in [0, 0.05) is 12.6 Å². The summed E-state index contributed by atoms with van der Waals surface area (Å²) in [7, 11) is 0. The van der Waals surface area contributed by atoms with Crippen LogP contribution in [0.3, 0.4) is 0 Å². The summed E-state index contributed by atoms with van der Waals surface area (Å²) in [5.74, 6) is 0. The molecule has 3 N–H and O–H groups in total. The summed E-state index contributed by atoms with van der Waals surface area (Å²) in [6.45, 7) is 0.437. The molecule has 0 saturated carbocycles. The van der Waals surface area contributed by atoms with Crippen LogP contribution in [0, 0.1) is 10.1 Å². The summed E-state index contributed by atoms with van der Waals surface area (Å²) in [6.07, 6.45) is 2.79. The lowest BCUT2D eigenvalue weighted by Gasteiger charge is -2.05. The van der Waals surface area contributed by atoms with Crippen molar-refractivity contribution in [1.29, 1.82) is 0 Å². The highest BCUT2D eigenvalue weighted by Gasteiger charge is 2.10. The van der Waals surface area contributed by atoms with Gasteiger partial charge in [-0.25, -0.2) is 4.79 Å². The fraction of sp³-hybridized carbons (Fsp3) is 0.118. The van der Waals surface area contributed by atoms with Crippen LogP contribution in [-0.2, 0) is 11.3 Å². The lowest BCUT2D eigenvalue weighted by molar-refractivity contribution is -0.383. The third-order valence-electron chi connectivity index (χ3n) is 3.14. The molecular formula is C17H17N3O4.